The number of amides is 1. The lowest BCUT2D eigenvalue weighted by Gasteiger charge is -2.18. The highest BCUT2D eigenvalue weighted by Crippen LogP contribution is 2.15. The highest BCUT2D eigenvalue weighted by molar-refractivity contribution is 9.10. The quantitative estimate of drug-likeness (QED) is 0.762. The molecule has 3 nitrogen and oxygen atoms in total. The number of carbonyl (C=O) groups is 1. The van der Waals surface area contributed by atoms with Gasteiger partial charge in [-0.2, -0.15) is 0 Å². The van der Waals surface area contributed by atoms with Crippen molar-refractivity contribution < 1.29 is 9.90 Å². The predicted molar refractivity (Wildman–Crippen MR) is 85.5 cm³/mol. The van der Waals surface area contributed by atoms with Gasteiger partial charge in [-0.15, -0.1) is 0 Å². The maximum absolute atomic E-state index is 11.9. The van der Waals surface area contributed by atoms with Gasteiger partial charge in [-0.05, 0) is 42.4 Å². The Morgan fingerprint density at radius 2 is 2.15 bits per heavy atom. The molecule has 112 valence electrons. The van der Waals surface area contributed by atoms with Gasteiger partial charge in [0.1, 0.15) is 0 Å². The molecule has 2 N–H and O–H groups in total. The summed E-state index contributed by atoms with van der Waals surface area (Å²) in [5, 5.41) is 12.0. The maximum atomic E-state index is 11.9. The van der Waals surface area contributed by atoms with Gasteiger partial charge in [0.05, 0.1) is 6.42 Å². The van der Waals surface area contributed by atoms with Crippen molar-refractivity contribution in [3.63, 3.8) is 0 Å². The first-order valence-electron chi connectivity index (χ1n) is 7.13. The van der Waals surface area contributed by atoms with Crippen LogP contribution in [0.5, 0.6) is 0 Å². The molecule has 1 unspecified atom stereocenters. The molecule has 0 fully saturated rings. The van der Waals surface area contributed by atoms with Crippen LogP contribution in [0.1, 0.15) is 32.3 Å². The van der Waals surface area contributed by atoms with E-state index in [0.29, 0.717) is 24.8 Å². The van der Waals surface area contributed by atoms with Gasteiger partial charge in [-0.3, -0.25) is 4.79 Å². The first-order chi connectivity index (χ1) is 9.51. The molecule has 20 heavy (non-hydrogen) atoms. The summed E-state index contributed by atoms with van der Waals surface area (Å²) in [6, 6.07) is 7.78. The van der Waals surface area contributed by atoms with Crippen LogP contribution in [0.25, 0.3) is 0 Å². The van der Waals surface area contributed by atoms with Crippen molar-refractivity contribution in [2.75, 3.05) is 13.2 Å². The lowest BCUT2D eigenvalue weighted by molar-refractivity contribution is -0.120. The van der Waals surface area contributed by atoms with Crippen LogP contribution in [-0.2, 0) is 11.2 Å². The third-order valence-corrected chi connectivity index (χ3v) is 3.68. The monoisotopic (exact) mass is 341 g/mol. The van der Waals surface area contributed by atoms with E-state index in [2.05, 4.69) is 35.1 Å². The molecule has 0 aliphatic rings. The fraction of sp³-hybridized carbons (Fsp3) is 0.562. The van der Waals surface area contributed by atoms with E-state index in [1.165, 1.54) is 0 Å². The SMILES string of the molecule is CC(C)CC(CCO)CNC(=O)Cc1cccc(Br)c1. The molecular weight excluding hydrogens is 318 g/mol. The molecule has 0 saturated heterocycles. The smallest absolute Gasteiger partial charge is 0.224 e. The Labute approximate surface area is 129 Å². The van der Waals surface area contributed by atoms with Crippen LogP contribution in [0, 0.1) is 11.8 Å². The van der Waals surface area contributed by atoms with E-state index in [9.17, 15) is 4.79 Å². The van der Waals surface area contributed by atoms with Crippen LogP contribution in [0.4, 0.5) is 0 Å². The van der Waals surface area contributed by atoms with E-state index >= 15 is 0 Å². The predicted octanol–water partition coefficient (Wildman–Crippen LogP) is 3.15. The summed E-state index contributed by atoms with van der Waals surface area (Å²) in [5.41, 5.74) is 0.999. The minimum Gasteiger partial charge on any atom is -0.396 e. The van der Waals surface area contributed by atoms with Crippen molar-refractivity contribution in [3.8, 4) is 0 Å². The summed E-state index contributed by atoms with van der Waals surface area (Å²) in [6.45, 7) is 5.14. The van der Waals surface area contributed by atoms with Gasteiger partial charge in [0.25, 0.3) is 0 Å². The molecule has 1 amide bonds. The Morgan fingerprint density at radius 1 is 1.40 bits per heavy atom. The van der Waals surface area contributed by atoms with Crippen molar-refractivity contribution in [1.29, 1.82) is 0 Å². The molecule has 0 spiro atoms. The van der Waals surface area contributed by atoms with Crippen molar-refractivity contribution in [1.82, 2.24) is 5.32 Å². The van der Waals surface area contributed by atoms with Crippen LogP contribution < -0.4 is 5.32 Å². The molecule has 0 bridgehead atoms. The lowest BCUT2D eigenvalue weighted by Crippen LogP contribution is -2.31. The van der Waals surface area contributed by atoms with Crippen molar-refractivity contribution in [2.24, 2.45) is 11.8 Å². The highest BCUT2D eigenvalue weighted by atomic mass is 79.9. The van der Waals surface area contributed by atoms with E-state index < -0.39 is 0 Å². The van der Waals surface area contributed by atoms with Crippen molar-refractivity contribution in [2.45, 2.75) is 33.1 Å². The highest BCUT2D eigenvalue weighted by Gasteiger charge is 2.12. The zero-order valence-corrected chi connectivity index (χ0v) is 13.8. The molecule has 4 heteroatoms. The van der Waals surface area contributed by atoms with Gasteiger partial charge in [-0.25, -0.2) is 0 Å². The molecular formula is C16H24BrNO2. The molecule has 0 aromatic heterocycles. The molecule has 1 aromatic carbocycles. The van der Waals surface area contributed by atoms with E-state index in [-0.39, 0.29) is 12.5 Å². The molecule has 0 heterocycles. The van der Waals surface area contributed by atoms with Crippen molar-refractivity contribution in [3.05, 3.63) is 34.3 Å². The summed E-state index contributed by atoms with van der Waals surface area (Å²) < 4.78 is 0.987. The van der Waals surface area contributed by atoms with E-state index in [0.717, 1.165) is 22.9 Å². The number of hydrogen-bond acceptors (Lipinski definition) is 2. The second-order valence-electron chi connectivity index (χ2n) is 5.62. The summed E-state index contributed by atoms with van der Waals surface area (Å²) in [4.78, 5) is 11.9. The minimum atomic E-state index is 0.0368. The van der Waals surface area contributed by atoms with Crippen LogP contribution in [-0.4, -0.2) is 24.2 Å². The van der Waals surface area contributed by atoms with Gasteiger partial charge >= 0.3 is 0 Å². The molecule has 1 aromatic rings. The van der Waals surface area contributed by atoms with E-state index in [1.807, 2.05) is 24.3 Å². The first-order valence-corrected chi connectivity index (χ1v) is 7.92. The Bertz CT molecular complexity index is 421. The van der Waals surface area contributed by atoms with Gasteiger partial charge in [0.2, 0.25) is 5.91 Å². The molecule has 1 rings (SSSR count). The number of nitrogens with one attached hydrogen (secondary N) is 1. The molecule has 0 saturated carbocycles. The number of rotatable bonds is 8. The number of halogens is 1. The maximum Gasteiger partial charge on any atom is 0.224 e. The summed E-state index contributed by atoms with van der Waals surface area (Å²) in [7, 11) is 0. The zero-order chi connectivity index (χ0) is 15.0. The fourth-order valence-electron chi connectivity index (χ4n) is 2.31. The molecule has 0 radical (unpaired) electrons. The van der Waals surface area contributed by atoms with Gasteiger partial charge in [-0.1, -0.05) is 41.9 Å². The minimum absolute atomic E-state index is 0.0368. The molecule has 0 aliphatic carbocycles. The average Bonchev–Trinajstić information content (AvgIpc) is 2.35. The van der Waals surface area contributed by atoms with Crippen LogP contribution in [0.2, 0.25) is 0 Å². The number of hydrogen-bond donors (Lipinski definition) is 2. The molecule has 1 atom stereocenters. The van der Waals surface area contributed by atoms with Gasteiger partial charge < -0.3 is 10.4 Å². The van der Waals surface area contributed by atoms with Gasteiger partial charge in [0, 0.05) is 17.6 Å². The lowest BCUT2D eigenvalue weighted by atomic mass is 9.94. The molecule has 0 aliphatic heterocycles. The third-order valence-electron chi connectivity index (χ3n) is 3.18. The van der Waals surface area contributed by atoms with Crippen LogP contribution in [0.3, 0.4) is 0 Å². The zero-order valence-electron chi connectivity index (χ0n) is 12.2. The number of aliphatic hydroxyl groups excluding tert-OH is 1. The standard InChI is InChI=1S/C16H24BrNO2/c1-12(2)8-14(6-7-19)11-18-16(20)10-13-4-3-5-15(17)9-13/h3-5,9,12,14,19H,6-8,10-11H2,1-2H3,(H,18,20). The Balaban J connectivity index is 2.41. The first kappa shape index (κ1) is 17.2. The van der Waals surface area contributed by atoms with Crippen molar-refractivity contribution >= 4 is 21.8 Å². The largest absolute Gasteiger partial charge is 0.396 e. The summed E-state index contributed by atoms with van der Waals surface area (Å²) in [5.74, 6) is 0.967. The number of carbonyl (C=O) groups excluding carboxylic acids is 1. The second-order valence-corrected chi connectivity index (χ2v) is 6.53. The summed E-state index contributed by atoms with van der Waals surface area (Å²) in [6.07, 6.45) is 2.17. The van der Waals surface area contributed by atoms with E-state index in [4.69, 9.17) is 5.11 Å². The van der Waals surface area contributed by atoms with Crippen LogP contribution in [0.15, 0.2) is 28.7 Å². The number of benzene rings is 1. The normalized spacial score (nSPS) is 12.4. The third kappa shape index (κ3) is 7.06. The Kier molecular flexibility index (Phi) is 7.85. The topological polar surface area (TPSA) is 49.3 Å². The number of aliphatic hydroxyl groups is 1. The van der Waals surface area contributed by atoms with E-state index in [1.54, 1.807) is 0 Å². The Hall–Kier alpha value is -0.870. The second kappa shape index (κ2) is 9.14. The average molecular weight is 342 g/mol. The summed E-state index contributed by atoms with van der Waals surface area (Å²) >= 11 is 3.40. The fourth-order valence-corrected chi connectivity index (χ4v) is 2.75. The van der Waals surface area contributed by atoms with Gasteiger partial charge in [0.15, 0.2) is 0 Å². The Morgan fingerprint density at radius 3 is 2.75 bits per heavy atom. The van der Waals surface area contributed by atoms with Crippen LogP contribution >= 0.6 is 15.9 Å².